The van der Waals surface area contributed by atoms with Crippen LogP contribution < -0.4 is 11.1 Å². The van der Waals surface area contributed by atoms with Gasteiger partial charge in [0, 0.05) is 10.1 Å². The Morgan fingerprint density at radius 2 is 2.21 bits per heavy atom. The van der Waals surface area contributed by atoms with Gasteiger partial charge in [-0.1, -0.05) is 12.8 Å². The Bertz CT molecular complexity index is 321. The van der Waals surface area contributed by atoms with E-state index in [4.69, 9.17) is 5.73 Å². The van der Waals surface area contributed by atoms with E-state index in [1.54, 1.807) is 0 Å². The highest BCUT2D eigenvalue weighted by molar-refractivity contribution is 14.1. The molecule has 2 rings (SSSR count). The molecule has 0 atom stereocenters. The quantitative estimate of drug-likeness (QED) is 0.662. The third-order valence-electron chi connectivity index (χ3n) is 2.58. The molecule has 3 N–H and O–H groups in total. The number of rotatable bonds is 4. The van der Waals surface area contributed by atoms with Crippen molar-refractivity contribution in [2.45, 2.75) is 19.3 Å². The molecule has 1 aromatic carbocycles. The molecule has 1 saturated carbocycles. The van der Waals surface area contributed by atoms with Crippen molar-refractivity contribution >= 4 is 34.0 Å². The molecular weight excluding hydrogens is 287 g/mol. The summed E-state index contributed by atoms with van der Waals surface area (Å²) in [5.41, 5.74) is 7.82. The number of anilines is 2. The molecule has 76 valence electrons. The highest BCUT2D eigenvalue weighted by Crippen LogP contribution is 2.32. The first kappa shape index (κ1) is 10.1. The van der Waals surface area contributed by atoms with Crippen molar-refractivity contribution in [3.05, 3.63) is 21.8 Å². The minimum absolute atomic E-state index is 0.854. The Kier molecular flexibility index (Phi) is 3.15. The molecule has 1 aliphatic rings. The molecule has 14 heavy (non-hydrogen) atoms. The number of halogens is 1. The van der Waals surface area contributed by atoms with Gasteiger partial charge in [0.05, 0.1) is 11.4 Å². The van der Waals surface area contributed by atoms with Crippen LogP contribution in [0.25, 0.3) is 0 Å². The SMILES string of the molecule is Nc1cc(I)ccc1NCCC1CC1. The van der Waals surface area contributed by atoms with Crippen LogP contribution in [0.3, 0.4) is 0 Å². The maximum absolute atomic E-state index is 5.89. The molecule has 1 aromatic rings. The molecule has 0 bridgehead atoms. The smallest absolute Gasteiger partial charge is 0.0574 e. The van der Waals surface area contributed by atoms with Gasteiger partial charge in [-0.15, -0.1) is 0 Å². The minimum Gasteiger partial charge on any atom is -0.397 e. The molecule has 3 heteroatoms. The van der Waals surface area contributed by atoms with Crippen molar-refractivity contribution < 1.29 is 0 Å². The van der Waals surface area contributed by atoms with Crippen LogP contribution in [0, 0.1) is 9.49 Å². The molecule has 0 unspecified atom stereocenters. The zero-order valence-corrected chi connectivity index (χ0v) is 10.3. The van der Waals surface area contributed by atoms with Crippen molar-refractivity contribution in [1.82, 2.24) is 0 Å². The normalized spacial score (nSPS) is 15.5. The molecule has 0 radical (unpaired) electrons. The van der Waals surface area contributed by atoms with Crippen molar-refractivity contribution in [3.63, 3.8) is 0 Å². The van der Waals surface area contributed by atoms with Crippen molar-refractivity contribution in [1.29, 1.82) is 0 Å². The monoisotopic (exact) mass is 302 g/mol. The fourth-order valence-corrected chi connectivity index (χ4v) is 2.03. The summed E-state index contributed by atoms with van der Waals surface area (Å²) in [5.74, 6) is 0.979. The Morgan fingerprint density at radius 1 is 1.43 bits per heavy atom. The van der Waals surface area contributed by atoms with Crippen molar-refractivity contribution in [2.75, 3.05) is 17.6 Å². The standard InChI is InChI=1S/C11H15IN2/c12-9-3-4-11(10(13)7-9)14-6-5-8-1-2-8/h3-4,7-8,14H,1-2,5-6,13H2. The van der Waals surface area contributed by atoms with Gasteiger partial charge < -0.3 is 11.1 Å². The average Bonchev–Trinajstić information content (AvgIpc) is 2.92. The Labute approximate surface area is 98.4 Å². The largest absolute Gasteiger partial charge is 0.397 e. The summed E-state index contributed by atoms with van der Waals surface area (Å²) in [4.78, 5) is 0. The Balaban J connectivity index is 1.87. The third kappa shape index (κ3) is 2.77. The van der Waals surface area contributed by atoms with Crippen molar-refractivity contribution in [2.24, 2.45) is 5.92 Å². The molecule has 0 aromatic heterocycles. The first-order valence-electron chi connectivity index (χ1n) is 5.04. The lowest BCUT2D eigenvalue weighted by atomic mass is 10.2. The van der Waals surface area contributed by atoms with Gasteiger partial charge in [0.1, 0.15) is 0 Å². The van der Waals surface area contributed by atoms with Gasteiger partial charge in [-0.25, -0.2) is 0 Å². The summed E-state index contributed by atoms with van der Waals surface area (Å²) in [6, 6.07) is 6.14. The molecule has 0 spiro atoms. The number of nitrogens with one attached hydrogen (secondary N) is 1. The third-order valence-corrected chi connectivity index (χ3v) is 3.25. The van der Waals surface area contributed by atoms with Gasteiger partial charge in [-0.05, 0) is 53.1 Å². The molecular formula is C11H15IN2. The number of nitrogen functional groups attached to an aromatic ring is 1. The van der Waals surface area contributed by atoms with Crippen LogP contribution in [0.2, 0.25) is 0 Å². The van der Waals surface area contributed by atoms with Crippen molar-refractivity contribution in [3.8, 4) is 0 Å². The van der Waals surface area contributed by atoms with E-state index in [9.17, 15) is 0 Å². The van der Waals surface area contributed by atoms with Crippen LogP contribution in [0.15, 0.2) is 18.2 Å². The van der Waals surface area contributed by atoms with Crippen LogP contribution in [-0.4, -0.2) is 6.54 Å². The fraction of sp³-hybridized carbons (Fsp3) is 0.455. The lowest BCUT2D eigenvalue weighted by Gasteiger charge is -2.08. The summed E-state index contributed by atoms with van der Waals surface area (Å²) in [7, 11) is 0. The van der Waals surface area contributed by atoms with E-state index in [1.807, 2.05) is 6.07 Å². The second kappa shape index (κ2) is 4.38. The lowest BCUT2D eigenvalue weighted by molar-refractivity contribution is 0.760. The first-order chi connectivity index (χ1) is 6.75. The molecule has 1 aliphatic carbocycles. The van der Waals surface area contributed by atoms with Crippen LogP contribution in [0.1, 0.15) is 19.3 Å². The molecule has 2 nitrogen and oxygen atoms in total. The van der Waals surface area contributed by atoms with E-state index in [1.165, 1.54) is 22.8 Å². The first-order valence-corrected chi connectivity index (χ1v) is 6.12. The van der Waals surface area contributed by atoms with Gasteiger partial charge in [-0.3, -0.25) is 0 Å². The maximum atomic E-state index is 5.89. The highest BCUT2D eigenvalue weighted by atomic mass is 127. The number of hydrogen-bond acceptors (Lipinski definition) is 2. The second-order valence-electron chi connectivity index (χ2n) is 3.89. The number of benzene rings is 1. The van der Waals surface area contributed by atoms with Crippen LogP contribution in [0.4, 0.5) is 11.4 Å². The average molecular weight is 302 g/mol. The van der Waals surface area contributed by atoms with Crippen LogP contribution >= 0.6 is 22.6 Å². The Morgan fingerprint density at radius 3 is 2.86 bits per heavy atom. The summed E-state index contributed by atoms with van der Waals surface area (Å²) < 4.78 is 1.19. The summed E-state index contributed by atoms with van der Waals surface area (Å²) in [5, 5.41) is 3.38. The van der Waals surface area contributed by atoms with E-state index in [2.05, 4.69) is 40.0 Å². The van der Waals surface area contributed by atoms with E-state index in [-0.39, 0.29) is 0 Å². The molecule has 0 heterocycles. The predicted molar refractivity (Wildman–Crippen MR) is 69.4 cm³/mol. The Hall–Kier alpha value is -0.450. The topological polar surface area (TPSA) is 38.0 Å². The highest BCUT2D eigenvalue weighted by Gasteiger charge is 2.20. The minimum atomic E-state index is 0.854. The van der Waals surface area contributed by atoms with E-state index in [0.717, 1.165) is 23.8 Å². The summed E-state index contributed by atoms with van der Waals surface area (Å²) in [6.45, 7) is 1.05. The van der Waals surface area contributed by atoms with Gasteiger partial charge in [0.15, 0.2) is 0 Å². The molecule has 0 saturated heterocycles. The van der Waals surface area contributed by atoms with E-state index in [0.29, 0.717) is 0 Å². The number of hydrogen-bond donors (Lipinski definition) is 2. The van der Waals surface area contributed by atoms with Gasteiger partial charge in [0.2, 0.25) is 0 Å². The van der Waals surface area contributed by atoms with E-state index < -0.39 is 0 Å². The van der Waals surface area contributed by atoms with Gasteiger partial charge >= 0.3 is 0 Å². The van der Waals surface area contributed by atoms with Crippen LogP contribution in [-0.2, 0) is 0 Å². The zero-order chi connectivity index (χ0) is 9.97. The van der Waals surface area contributed by atoms with Gasteiger partial charge in [0.25, 0.3) is 0 Å². The zero-order valence-electron chi connectivity index (χ0n) is 8.09. The molecule has 1 fully saturated rings. The van der Waals surface area contributed by atoms with Gasteiger partial charge in [-0.2, -0.15) is 0 Å². The maximum Gasteiger partial charge on any atom is 0.0574 e. The summed E-state index contributed by atoms with van der Waals surface area (Å²) in [6.07, 6.45) is 4.12. The number of nitrogens with two attached hydrogens (primary N) is 1. The van der Waals surface area contributed by atoms with E-state index >= 15 is 0 Å². The molecule has 0 amide bonds. The second-order valence-corrected chi connectivity index (χ2v) is 5.14. The van der Waals surface area contributed by atoms with Crippen LogP contribution in [0.5, 0.6) is 0 Å². The predicted octanol–water partition coefficient (Wildman–Crippen LogP) is 3.09. The summed E-state index contributed by atoms with van der Waals surface area (Å²) >= 11 is 2.27. The fourth-order valence-electron chi connectivity index (χ4n) is 1.51. The lowest BCUT2D eigenvalue weighted by Crippen LogP contribution is -2.04. The molecule has 0 aliphatic heterocycles.